The first-order valence-electron chi connectivity index (χ1n) is 10.5. The van der Waals surface area contributed by atoms with Crippen molar-refractivity contribution in [1.29, 1.82) is 0 Å². The highest BCUT2D eigenvalue weighted by Crippen LogP contribution is 2.30. The second-order valence-electron chi connectivity index (χ2n) is 7.78. The summed E-state index contributed by atoms with van der Waals surface area (Å²) in [6, 6.07) is 11.5. The molecule has 1 atom stereocenters. The number of aromatic amines is 1. The summed E-state index contributed by atoms with van der Waals surface area (Å²) in [4.78, 5) is 26.7. The van der Waals surface area contributed by atoms with Gasteiger partial charge >= 0.3 is 11.9 Å². The largest absolute Gasteiger partial charge is 0.416 e. The standard InChI is InChI=1S/C22H23F3N6O2/c23-22(24,25)15-4-3-5-17(12-15)31-21(33)29-20(30-31)28-16-9-7-14(8-10-16)13-27-18-6-1-2-11-26-19(18)32/h3-5,7-10,12,18,27H,1-2,6,11,13H2,(H,26,32)(H2,28,29,30,33). The molecule has 1 aliphatic rings. The molecule has 4 rings (SSSR count). The summed E-state index contributed by atoms with van der Waals surface area (Å²) in [5.74, 6) is 0.115. The van der Waals surface area contributed by atoms with E-state index < -0.39 is 17.4 Å². The monoisotopic (exact) mass is 460 g/mol. The normalized spacial score (nSPS) is 16.8. The lowest BCUT2D eigenvalue weighted by Gasteiger charge is -2.15. The number of carbonyl (C=O) groups is 1. The minimum atomic E-state index is -4.52. The molecular formula is C22H23F3N6O2. The van der Waals surface area contributed by atoms with Crippen molar-refractivity contribution in [2.24, 2.45) is 0 Å². The second kappa shape index (κ2) is 9.49. The van der Waals surface area contributed by atoms with Crippen LogP contribution in [0.2, 0.25) is 0 Å². The van der Waals surface area contributed by atoms with Crippen molar-refractivity contribution in [2.75, 3.05) is 11.9 Å². The Bertz CT molecular complexity index is 1170. The Hall–Kier alpha value is -3.60. The number of alkyl halides is 3. The van der Waals surface area contributed by atoms with E-state index in [1.54, 1.807) is 12.1 Å². The van der Waals surface area contributed by atoms with E-state index in [-0.39, 0.29) is 23.6 Å². The molecule has 2 aromatic carbocycles. The minimum absolute atomic E-state index is 0.00287. The molecule has 2 heterocycles. The predicted octanol–water partition coefficient (Wildman–Crippen LogP) is 3.08. The number of anilines is 2. The van der Waals surface area contributed by atoms with Gasteiger partial charge in [0.1, 0.15) is 0 Å². The second-order valence-corrected chi connectivity index (χ2v) is 7.78. The number of hydrogen-bond donors (Lipinski definition) is 4. The van der Waals surface area contributed by atoms with Crippen LogP contribution >= 0.6 is 0 Å². The molecule has 3 aromatic rings. The van der Waals surface area contributed by atoms with E-state index in [0.717, 1.165) is 41.6 Å². The zero-order valence-electron chi connectivity index (χ0n) is 17.6. The van der Waals surface area contributed by atoms with Crippen LogP contribution < -0.4 is 21.6 Å². The molecule has 1 unspecified atom stereocenters. The summed E-state index contributed by atoms with van der Waals surface area (Å²) in [5, 5.41) is 13.1. The van der Waals surface area contributed by atoms with Crippen LogP contribution in [0.25, 0.3) is 5.69 Å². The van der Waals surface area contributed by atoms with Crippen LogP contribution in [-0.4, -0.2) is 33.3 Å². The number of H-pyrrole nitrogens is 1. The average molecular weight is 460 g/mol. The number of hydrogen-bond acceptors (Lipinski definition) is 5. The third kappa shape index (κ3) is 5.61. The lowest BCUT2D eigenvalue weighted by atomic mass is 10.1. The zero-order chi connectivity index (χ0) is 23.4. The molecule has 4 N–H and O–H groups in total. The van der Waals surface area contributed by atoms with Gasteiger partial charge in [-0.15, -0.1) is 5.10 Å². The SMILES string of the molecule is O=C1NCCCCC1NCc1ccc(Nc2nn(-c3cccc(C(F)(F)F)c3)c(=O)[nH]2)cc1. The first-order chi connectivity index (χ1) is 15.8. The van der Waals surface area contributed by atoms with Crippen molar-refractivity contribution in [3.05, 3.63) is 70.1 Å². The Morgan fingerprint density at radius 3 is 2.64 bits per heavy atom. The first-order valence-corrected chi connectivity index (χ1v) is 10.5. The van der Waals surface area contributed by atoms with Gasteiger partial charge in [-0.2, -0.15) is 17.9 Å². The topological polar surface area (TPSA) is 104 Å². The van der Waals surface area contributed by atoms with Gasteiger partial charge < -0.3 is 16.0 Å². The molecule has 33 heavy (non-hydrogen) atoms. The van der Waals surface area contributed by atoms with Crippen LogP contribution in [0.15, 0.2) is 53.3 Å². The van der Waals surface area contributed by atoms with Crippen LogP contribution in [0.5, 0.6) is 0 Å². The number of aromatic nitrogens is 3. The Morgan fingerprint density at radius 2 is 1.88 bits per heavy atom. The summed E-state index contributed by atoms with van der Waals surface area (Å²) in [5.41, 5.74) is 0.0776. The summed E-state index contributed by atoms with van der Waals surface area (Å²) in [6.45, 7) is 1.24. The fourth-order valence-corrected chi connectivity index (χ4v) is 3.59. The number of nitrogens with one attached hydrogen (secondary N) is 4. The number of amides is 1. The maximum atomic E-state index is 13.0. The Labute approximate surface area is 187 Å². The van der Waals surface area contributed by atoms with Gasteiger partial charge in [-0.05, 0) is 55.2 Å². The molecule has 1 saturated heterocycles. The Balaban J connectivity index is 1.41. The van der Waals surface area contributed by atoms with Gasteiger partial charge in [0.15, 0.2) is 0 Å². The van der Waals surface area contributed by atoms with Gasteiger partial charge in [0.05, 0.1) is 17.3 Å². The van der Waals surface area contributed by atoms with Gasteiger partial charge in [-0.25, -0.2) is 4.79 Å². The number of benzene rings is 2. The maximum Gasteiger partial charge on any atom is 0.416 e. The molecule has 8 nitrogen and oxygen atoms in total. The van der Waals surface area contributed by atoms with E-state index >= 15 is 0 Å². The van der Waals surface area contributed by atoms with E-state index in [4.69, 9.17) is 0 Å². The fourth-order valence-electron chi connectivity index (χ4n) is 3.59. The van der Waals surface area contributed by atoms with E-state index in [9.17, 15) is 22.8 Å². The summed E-state index contributed by atoms with van der Waals surface area (Å²) in [7, 11) is 0. The highest BCUT2D eigenvalue weighted by atomic mass is 19.4. The van der Waals surface area contributed by atoms with E-state index in [0.29, 0.717) is 18.8 Å². The van der Waals surface area contributed by atoms with E-state index in [1.807, 2.05) is 12.1 Å². The van der Waals surface area contributed by atoms with E-state index in [2.05, 4.69) is 26.0 Å². The molecule has 0 aliphatic carbocycles. The number of carbonyl (C=O) groups excluding carboxylic acids is 1. The van der Waals surface area contributed by atoms with Gasteiger partial charge in [0.2, 0.25) is 11.9 Å². The van der Waals surface area contributed by atoms with Gasteiger partial charge in [0.25, 0.3) is 0 Å². The fraction of sp³-hybridized carbons (Fsp3) is 0.318. The Kier molecular flexibility index (Phi) is 6.50. The smallest absolute Gasteiger partial charge is 0.355 e. The predicted molar refractivity (Wildman–Crippen MR) is 116 cm³/mol. The lowest BCUT2D eigenvalue weighted by Crippen LogP contribution is -2.42. The minimum Gasteiger partial charge on any atom is -0.355 e. The molecule has 0 bridgehead atoms. The van der Waals surface area contributed by atoms with Gasteiger partial charge in [-0.3, -0.25) is 9.78 Å². The van der Waals surface area contributed by atoms with Crippen LogP contribution in [0.1, 0.15) is 30.4 Å². The summed E-state index contributed by atoms with van der Waals surface area (Å²) < 4.78 is 39.7. The summed E-state index contributed by atoms with van der Waals surface area (Å²) in [6.07, 6.45) is -1.75. The van der Waals surface area contributed by atoms with Crippen molar-refractivity contribution >= 4 is 17.5 Å². The molecule has 11 heteroatoms. The molecule has 0 spiro atoms. The molecule has 174 valence electrons. The molecule has 1 amide bonds. The van der Waals surface area contributed by atoms with Crippen LogP contribution in [0, 0.1) is 0 Å². The van der Waals surface area contributed by atoms with Crippen LogP contribution in [-0.2, 0) is 17.5 Å². The van der Waals surface area contributed by atoms with Crippen molar-refractivity contribution < 1.29 is 18.0 Å². The summed E-state index contributed by atoms with van der Waals surface area (Å²) >= 11 is 0. The van der Waals surface area contributed by atoms with E-state index in [1.165, 1.54) is 12.1 Å². The Morgan fingerprint density at radius 1 is 1.09 bits per heavy atom. The lowest BCUT2D eigenvalue weighted by molar-refractivity contribution is -0.137. The van der Waals surface area contributed by atoms with Gasteiger partial charge in [-0.1, -0.05) is 18.2 Å². The van der Waals surface area contributed by atoms with Crippen molar-refractivity contribution in [3.63, 3.8) is 0 Å². The molecule has 1 aliphatic heterocycles. The molecule has 0 saturated carbocycles. The van der Waals surface area contributed by atoms with Crippen molar-refractivity contribution in [2.45, 2.75) is 38.0 Å². The molecular weight excluding hydrogens is 437 g/mol. The quantitative estimate of drug-likeness (QED) is 0.453. The van der Waals surface area contributed by atoms with Crippen molar-refractivity contribution in [3.8, 4) is 5.69 Å². The third-order valence-corrected chi connectivity index (χ3v) is 5.34. The highest BCUT2D eigenvalue weighted by Gasteiger charge is 2.30. The highest BCUT2D eigenvalue weighted by molar-refractivity contribution is 5.81. The molecule has 1 fully saturated rings. The molecule has 0 radical (unpaired) electrons. The number of halogens is 3. The number of rotatable bonds is 6. The van der Waals surface area contributed by atoms with Crippen molar-refractivity contribution in [1.82, 2.24) is 25.4 Å². The molecule has 1 aromatic heterocycles. The average Bonchev–Trinajstić information content (AvgIpc) is 3.02. The first kappa shape index (κ1) is 22.6. The van der Waals surface area contributed by atoms with Crippen LogP contribution in [0.3, 0.4) is 0 Å². The van der Waals surface area contributed by atoms with Crippen LogP contribution in [0.4, 0.5) is 24.8 Å². The van der Waals surface area contributed by atoms with Gasteiger partial charge in [0, 0.05) is 18.8 Å². The zero-order valence-corrected chi connectivity index (χ0v) is 17.6. The maximum absolute atomic E-state index is 13.0. The number of nitrogens with zero attached hydrogens (tertiary/aromatic N) is 2. The third-order valence-electron chi connectivity index (χ3n) is 5.34.